The summed E-state index contributed by atoms with van der Waals surface area (Å²) in [6, 6.07) is 0. The van der Waals surface area contributed by atoms with Gasteiger partial charge in [-0.1, -0.05) is 17.9 Å². The van der Waals surface area contributed by atoms with Gasteiger partial charge in [0, 0.05) is 7.05 Å². The zero-order valence-electron chi connectivity index (χ0n) is 4.19. The van der Waals surface area contributed by atoms with Crippen molar-refractivity contribution in [1.29, 1.82) is 0 Å². The molecule has 0 aromatic carbocycles. The van der Waals surface area contributed by atoms with Gasteiger partial charge in [-0.2, -0.15) is 0 Å². The Balaban J connectivity index is 2.83. The fraction of sp³-hybridized carbons (Fsp3) is 0.250. The maximum atomic E-state index is 4.47. The molecule has 0 aliphatic carbocycles. The van der Waals surface area contributed by atoms with Gasteiger partial charge in [0.05, 0.1) is 0 Å². The summed E-state index contributed by atoms with van der Waals surface area (Å²) in [6.07, 6.45) is 1.30. The van der Waals surface area contributed by atoms with E-state index < -0.39 is 0 Å². The van der Waals surface area contributed by atoms with Crippen LogP contribution in [0.3, 0.4) is 0 Å². The molecule has 0 heterocycles. The van der Waals surface area contributed by atoms with E-state index in [-0.39, 0.29) is 0 Å². The van der Waals surface area contributed by atoms with Crippen molar-refractivity contribution in [2.75, 3.05) is 7.05 Å². The Morgan fingerprint density at radius 2 is 2.57 bits per heavy atom. The molecule has 0 aliphatic rings. The van der Waals surface area contributed by atoms with Crippen molar-refractivity contribution in [1.82, 2.24) is 11.0 Å². The van der Waals surface area contributed by atoms with Gasteiger partial charge in [0.15, 0.2) is 6.26 Å². The van der Waals surface area contributed by atoms with Crippen LogP contribution in [0.25, 0.3) is 0 Å². The Morgan fingerprint density at radius 3 is 3.00 bits per heavy atom. The van der Waals surface area contributed by atoms with Crippen LogP contribution in [0.4, 0.5) is 0 Å². The topological polar surface area (TPSA) is 33.3 Å². The summed E-state index contributed by atoms with van der Waals surface area (Å²) in [5, 5.41) is 0. The van der Waals surface area contributed by atoms with E-state index in [0.717, 1.165) is 0 Å². The summed E-state index contributed by atoms with van der Waals surface area (Å²) in [6.45, 7) is 3.26. The Morgan fingerprint density at radius 1 is 1.86 bits per heavy atom. The molecular weight excluding hydrogens is 92.1 g/mol. The highest BCUT2D eigenvalue weighted by atomic mass is 16.7. The molecule has 0 saturated carbocycles. The van der Waals surface area contributed by atoms with E-state index >= 15 is 0 Å². The molecule has 3 heteroatoms. The molecule has 0 aromatic heterocycles. The zero-order chi connectivity index (χ0) is 5.54. The Hall–Kier alpha value is -0.760. The molecule has 40 valence electrons. The standard InChI is InChI=1S/C4H8N2O/c1-3-4-7-6-5-2/h4-6H,1H2,2H3. The second-order valence-electron chi connectivity index (χ2n) is 0.792. The highest BCUT2D eigenvalue weighted by molar-refractivity contribution is 4.62. The zero-order valence-corrected chi connectivity index (χ0v) is 4.19. The second-order valence-corrected chi connectivity index (χ2v) is 0.792. The summed E-state index contributed by atoms with van der Waals surface area (Å²) >= 11 is 0. The normalized spacial score (nSPS) is 7.00. The number of hydrazine groups is 1. The van der Waals surface area contributed by atoms with Crippen LogP contribution in [-0.2, 0) is 4.84 Å². The van der Waals surface area contributed by atoms with Gasteiger partial charge in [-0.25, -0.2) is 5.43 Å². The summed E-state index contributed by atoms with van der Waals surface area (Å²) in [4.78, 5) is 4.47. The van der Waals surface area contributed by atoms with Crippen LogP contribution in [0.2, 0.25) is 0 Å². The molecule has 0 unspecified atom stereocenters. The van der Waals surface area contributed by atoms with Gasteiger partial charge >= 0.3 is 0 Å². The van der Waals surface area contributed by atoms with Crippen LogP contribution in [0.1, 0.15) is 0 Å². The van der Waals surface area contributed by atoms with Crippen LogP contribution in [0.15, 0.2) is 18.6 Å². The molecule has 0 aromatic rings. The van der Waals surface area contributed by atoms with Gasteiger partial charge in [0.1, 0.15) is 0 Å². The van der Waals surface area contributed by atoms with Gasteiger partial charge in [0.25, 0.3) is 0 Å². The summed E-state index contributed by atoms with van der Waals surface area (Å²) < 4.78 is 0. The average Bonchev–Trinajstić information content (AvgIpc) is 1.69. The first-order valence-electron chi connectivity index (χ1n) is 1.83. The molecule has 0 amide bonds. The van der Waals surface area contributed by atoms with E-state index in [1.165, 1.54) is 6.26 Å². The van der Waals surface area contributed by atoms with Crippen molar-refractivity contribution < 1.29 is 4.84 Å². The first-order valence-corrected chi connectivity index (χ1v) is 1.83. The van der Waals surface area contributed by atoms with Crippen molar-refractivity contribution in [3.8, 4) is 0 Å². The summed E-state index contributed by atoms with van der Waals surface area (Å²) in [5.41, 5.74) is 7.28. The maximum absolute atomic E-state index is 4.47. The van der Waals surface area contributed by atoms with Crippen LogP contribution in [-0.4, -0.2) is 7.05 Å². The van der Waals surface area contributed by atoms with E-state index in [9.17, 15) is 0 Å². The van der Waals surface area contributed by atoms with Gasteiger partial charge in [0.2, 0.25) is 0 Å². The van der Waals surface area contributed by atoms with E-state index in [0.29, 0.717) is 0 Å². The van der Waals surface area contributed by atoms with Gasteiger partial charge < -0.3 is 4.84 Å². The van der Waals surface area contributed by atoms with Crippen molar-refractivity contribution in [2.24, 2.45) is 0 Å². The van der Waals surface area contributed by atoms with Crippen LogP contribution < -0.4 is 11.0 Å². The minimum absolute atomic E-state index is 1.30. The van der Waals surface area contributed by atoms with Gasteiger partial charge in [-0.15, -0.1) is 0 Å². The van der Waals surface area contributed by atoms with Crippen LogP contribution in [0.5, 0.6) is 0 Å². The molecule has 2 N–H and O–H groups in total. The van der Waals surface area contributed by atoms with Gasteiger partial charge in [-0.05, 0) is 0 Å². The molecular formula is C4H8N2O. The van der Waals surface area contributed by atoms with E-state index in [2.05, 4.69) is 28.2 Å². The van der Waals surface area contributed by atoms with E-state index in [1.54, 1.807) is 7.05 Å². The molecule has 7 heavy (non-hydrogen) atoms. The lowest BCUT2D eigenvalue weighted by Crippen LogP contribution is -2.25. The van der Waals surface area contributed by atoms with E-state index in [1.807, 2.05) is 0 Å². The first kappa shape index (κ1) is 6.24. The molecule has 0 aliphatic heterocycles. The molecule has 0 radical (unpaired) electrons. The lowest BCUT2D eigenvalue weighted by atomic mass is 11.0. The van der Waals surface area contributed by atoms with Gasteiger partial charge in [-0.3, -0.25) is 0 Å². The fourth-order valence-corrected chi connectivity index (χ4v) is 0.130. The van der Waals surface area contributed by atoms with Crippen molar-refractivity contribution in [3.05, 3.63) is 18.6 Å². The molecule has 0 atom stereocenters. The molecule has 0 rings (SSSR count). The third kappa shape index (κ3) is 5.24. The molecule has 0 spiro atoms. The summed E-state index contributed by atoms with van der Waals surface area (Å²) in [5.74, 6) is 0. The molecule has 0 saturated heterocycles. The maximum Gasteiger partial charge on any atom is 0.154 e. The average molecular weight is 100 g/mol. The number of hydrogen-bond acceptors (Lipinski definition) is 3. The Labute approximate surface area is 42.6 Å². The number of rotatable bonds is 3. The summed E-state index contributed by atoms with van der Waals surface area (Å²) in [7, 11) is 1.69. The first-order chi connectivity index (χ1) is 3.41. The minimum Gasteiger partial charge on any atom is -0.393 e. The molecule has 3 nitrogen and oxygen atoms in total. The predicted octanol–water partition coefficient (Wildman–Crippen LogP) is -0.0594. The van der Waals surface area contributed by atoms with Crippen LogP contribution >= 0.6 is 0 Å². The number of nitrogens with one attached hydrogen (secondary N) is 2. The fourth-order valence-electron chi connectivity index (χ4n) is 0.130. The smallest absolute Gasteiger partial charge is 0.154 e. The lowest BCUT2D eigenvalue weighted by molar-refractivity contribution is 0.103. The Kier molecular flexibility index (Phi) is 4.67. The van der Waals surface area contributed by atoms with Crippen molar-refractivity contribution >= 4 is 0 Å². The largest absolute Gasteiger partial charge is 0.393 e. The lowest BCUT2D eigenvalue weighted by Gasteiger charge is -1.94. The third-order valence-corrected chi connectivity index (χ3v) is 0.303. The van der Waals surface area contributed by atoms with Crippen molar-refractivity contribution in [2.45, 2.75) is 0 Å². The van der Waals surface area contributed by atoms with Crippen LogP contribution in [0, 0.1) is 0 Å². The Bertz CT molecular complexity index is 75.8. The molecule has 0 bridgehead atoms. The minimum atomic E-state index is 1.30. The quantitative estimate of drug-likeness (QED) is 0.225. The predicted molar refractivity (Wildman–Crippen MR) is 27.0 cm³/mol. The highest BCUT2D eigenvalue weighted by Gasteiger charge is 1.62. The molecule has 0 fully saturated rings. The third-order valence-electron chi connectivity index (χ3n) is 0.303. The number of hydrogen-bond donors (Lipinski definition) is 2. The highest BCUT2D eigenvalue weighted by Crippen LogP contribution is 1.58. The van der Waals surface area contributed by atoms with Crippen molar-refractivity contribution in [3.63, 3.8) is 0 Å². The second kappa shape index (κ2) is 5.24. The van der Waals surface area contributed by atoms with E-state index in [4.69, 9.17) is 0 Å². The SMILES string of the molecule is C=C=CONNC. The monoisotopic (exact) mass is 100 g/mol.